The fourth-order valence-corrected chi connectivity index (χ4v) is 6.20. The number of rotatable bonds is 12. The summed E-state index contributed by atoms with van der Waals surface area (Å²) in [4.78, 5) is 9.39. The number of hydrazine groups is 1. The molecule has 222 valence electrons. The van der Waals surface area contributed by atoms with Crippen molar-refractivity contribution in [2.75, 3.05) is 49.5 Å². The predicted octanol–water partition coefficient (Wildman–Crippen LogP) is 6.35. The van der Waals surface area contributed by atoms with Gasteiger partial charge in [-0.2, -0.15) is 5.10 Å². The molecule has 0 saturated carbocycles. The molecule has 3 heterocycles. The van der Waals surface area contributed by atoms with E-state index in [1.165, 1.54) is 5.56 Å². The molecule has 0 spiro atoms. The Morgan fingerprint density at radius 1 is 0.930 bits per heavy atom. The predicted molar refractivity (Wildman–Crippen MR) is 177 cm³/mol. The highest BCUT2D eigenvalue weighted by atomic mass is 15.5. The van der Waals surface area contributed by atoms with Gasteiger partial charge in [-0.15, -0.1) is 0 Å². The maximum Gasteiger partial charge on any atom is 0.128 e. The monoisotopic (exact) mass is 574 g/mol. The van der Waals surface area contributed by atoms with Crippen molar-refractivity contribution in [3.05, 3.63) is 103 Å². The van der Waals surface area contributed by atoms with Crippen molar-refractivity contribution in [3.8, 4) is 22.5 Å². The third-order valence-corrected chi connectivity index (χ3v) is 8.25. The van der Waals surface area contributed by atoms with E-state index >= 15 is 0 Å². The minimum Gasteiger partial charge on any atom is -0.354 e. The highest BCUT2D eigenvalue weighted by Crippen LogP contribution is 2.49. The number of hydrogen-bond acceptors (Lipinski definition) is 7. The third-order valence-electron chi connectivity index (χ3n) is 8.25. The number of anilines is 2. The Hall–Kier alpha value is -4.40. The van der Waals surface area contributed by atoms with Gasteiger partial charge in [-0.05, 0) is 42.2 Å². The van der Waals surface area contributed by atoms with Crippen LogP contribution in [0, 0.1) is 0 Å². The van der Waals surface area contributed by atoms with Crippen molar-refractivity contribution >= 4 is 17.1 Å². The van der Waals surface area contributed by atoms with Gasteiger partial charge in [0.2, 0.25) is 0 Å². The van der Waals surface area contributed by atoms with E-state index in [2.05, 4.69) is 117 Å². The zero-order valence-electron chi connectivity index (χ0n) is 25.4. The largest absolute Gasteiger partial charge is 0.354 e. The molecule has 2 aliphatic rings. The van der Waals surface area contributed by atoms with Crippen LogP contribution >= 0.6 is 0 Å². The van der Waals surface area contributed by atoms with Crippen LogP contribution in [-0.2, 0) is 6.54 Å². The fraction of sp³-hybridized carbons (Fsp3) is 0.314. The van der Waals surface area contributed by atoms with Crippen LogP contribution < -0.4 is 15.6 Å². The molecule has 1 fully saturated rings. The van der Waals surface area contributed by atoms with Crippen molar-refractivity contribution in [1.29, 1.82) is 0 Å². The number of hydrogen-bond donors (Lipinski definition) is 3. The topological polar surface area (TPSA) is 75.3 Å². The van der Waals surface area contributed by atoms with Gasteiger partial charge >= 0.3 is 0 Å². The van der Waals surface area contributed by atoms with Gasteiger partial charge < -0.3 is 15.6 Å². The number of piperazine rings is 1. The van der Waals surface area contributed by atoms with Crippen LogP contribution in [0.15, 0.2) is 85.8 Å². The first-order valence-corrected chi connectivity index (χ1v) is 15.4. The van der Waals surface area contributed by atoms with Gasteiger partial charge in [0.25, 0.3) is 0 Å². The molecule has 43 heavy (non-hydrogen) atoms. The van der Waals surface area contributed by atoms with Crippen molar-refractivity contribution < 1.29 is 0 Å². The van der Waals surface area contributed by atoms with E-state index in [1.54, 1.807) is 0 Å². The van der Waals surface area contributed by atoms with E-state index in [-0.39, 0.29) is 0 Å². The van der Waals surface area contributed by atoms with Crippen molar-refractivity contribution in [2.45, 2.75) is 33.2 Å². The lowest BCUT2D eigenvalue weighted by Crippen LogP contribution is -2.46. The molecule has 8 nitrogen and oxygen atoms in total. The molecule has 0 atom stereocenters. The average molecular weight is 575 g/mol. The van der Waals surface area contributed by atoms with Gasteiger partial charge in [-0.3, -0.25) is 10.00 Å². The minimum absolute atomic E-state index is 0.755. The van der Waals surface area contributed by atoms with Crippen LogP contribution in [0.3, 0.4) is 0 Å². The summed E-state index contributed by atoms with van der Waals surface area (Å²) in [5, 5.41) is 13.8. The molecule has 2 aromatic carbocycles. The highest BCUT2D eigenvalue weighted by Gasteiger charge is 2.30. The quantitative estimate of drug-likeness (QED) is 0.150. The van der Waals surface area contributed by atoms with Crippen LogP contribution in [0.25, 0.3) is 28.1 Å². The Labute approximate surface area is 255 Å². The Bertz CT molecular complexity index is 1560. The summed E-state index contributed by atoms with van der Waals surface area (Å²) in [5.41, 5.74) is 13.0. The zero-order valence-corrected chi connectivity index (χ0v) is 25.4. The SMILES string of the molecule is C=C(Nc1cccc2c1C(=C)c1c(-c3ccc(CN4CCN(c5ccccn5)CC4)cc3)n[nH]c1-2)NN(CCC)CCC. The first kappa shape index (κ1) is 28.7. The van der Waals surface area contributed by atoms with E-state index in [0.29, 0.717) is 0 Å². The molecule has 0 amide bonds. The van der Waals surface area contributed by atoms with Gasteiger partial charge in [0.1, 0.15) is 17.3 Å². The number of aromatic amines is 1. The standard InChI is InChI=1S/C35H42N8/c1-5-18-43(19-6-2)40-26(4)37-30-11-9-10-29-32(30)25(3)33-34(38-39-35(29)33)28-15-13-27(14-16-28)24-41-20-22-42(23-21-41)31-12-7-8-17-36-31/h7-17,37,40H,3-6,18-24H2,1-2H3,(H,38,39). The van der Waals surface area contributed by atoms with E-state index in [1.807, 2.05) is 12.3 Å². The molecule has 0 radical (unpaired) electrons. The fourth-order valence-electron chi connectivity index (χ4n) is 6.20. The molecule has 2 aromatic heterocycles. The van der Waals surface area contributed by atoms with Crippen LogP contribution in [0.5, 0.6) is 0 Å². The Kier molecular flexibility index (Phi) is 8.58. The summed E-state index contributed by atoms with van der Waals surface area (Å²) in [6, 6.07) is 21.2. The minimum atomic E-state index is 0.755. The zero-order chi connectivity index (χ0) is 29.8. The van der Waals surface area contributed by atoms with E-state index in [0.717, 1.165) is 115 Å². The van der Waals surface area contributed by atoms with Crippen molar-refractivity contribution in [2.24, 2.45) is 0 Å². The number of nitrogens with one attached hydrogen (secondary N) is 3. The van der Waals surface area contributed by atoms with E-state index in [4.69, 9.17) is 5.10 Å². The summed E-state index contributed by atoms with van der Waals surface area (Å²) in [6.07, 6.45) is 4.02. The maximum atomic E-state index is 4.75. The molecule has 4 aromatic rings. The van der Waals surface area contributed by atoms with Crippen LogP contribution in [-0.4, -0.2) is 64.4 Å². The van der Waals surface area contributed by atoms with Gasteiger partial charge in [0, 0.05) is 80.0 Å². The maximum absolute atomic E-state index is 4.75. The number of H-pyrrole nitrogens is 1. The lowest BCUT2D eigenvalue weighted by atomic mass is 10.00. The lowest BCUT2D eigenvalue weighted by Gasteiger charge is -2.35. The second-order valence-corrected chi connectivity index (χ2v) is 11.4. The molecule has 1 aliphatic heterocycles. The number of nitrogens with zero attached hydrogens (tertiary/aromatic N) is 5. The van der Waals surface area contributed by atoms with E-state index in [9.17, 15) is 0 Å². The van der Waals surface area contributed by atoms with Gasteiger partial charge in [0.05, 0.1) is 5.69 Å². The number of aromatic nitrogens is 3. The second kappa shape index (κ2) is 12.9. The van der Waals surface area contributed by atoms with Crippen molar-refractivity contribution in [3.63, 3.8) is 0 Å². The first-order chi connectivity index (χ1) is 21.1. The second-order valence-electron chi connectivity index (χ2n) is 11.4. The average Bonchev–Trinajstić information content (AvgIpc) is 3.59. The summed E-state index contributed by atoms with van der Waals surface area (Å²) in [7, 11) is 0. The molecular weight excluding hydrogens is 532 g/mol. The smallest absolute Gasteiger partial charge is 0.128 e. The molecule has 0 bridgehead atoms. The normalized spacial score (nSPS) is 14.6. The van der Waals surface area contributed by atoms with Gasteiger partial charge in [-0.25, -0.2) is 9.99 Å². The third kappa shape index (κ3) is 6.07. The Morgan fingerprint density at radius 2 is 1.70 bits per heavy atom. The van der Waals surface area contributed by atoms with Crippen LogP contribution in [0.2, 0.25) is 0 Å². The Morgan fingerprint density at radius 3 is 2.40 bits per heavy atom. The molecular formula is C35H42N8. The highest BCUT2D eigenvalue weighted by molar-refractivity contribution is 6.06. The van der Waals surface area contributed by atoms with Crippen molar-refractivity contribution in [1.82, 2.24) is 30.5 Å². The summed E-state index contributed by atoms with van der Waals surface area (Å²) >= 11 is 0. The number of benzene rings is 2. The molecule has 0 unspecified atom stereocenters. The number of pyridine rings is 1. The van der Waals surface area contributed by atoms with Crippen LogP contribution in [0.1, 0.15) is 43.4 Å². The van der Waals surface area contributed by atoms with Gasteiger partial charge in [0.15, 0.2) is 0 Å². The van der Waals surface area contributed by atoms with Gasteiger partial charge in [-0.1, -0.05) is 69.5 Å². The first-order valence-electron chi connectivity index (χ1n) is 15.4. The lowest BCUT2D eigenvalue weighted by molar-refractivity contribution is 0.214. The Balaban J connectivity index is 1.13. The molecule has 3 N–H and O–H groups in total. The molecule has 6 rings (SSSR count). The van der Waals surface area contributed by atoms with Crippen LogP contribution in [0.4, 0.5) is 11.5 Å². The summed E-state index contributed by atoms with van der Waals surface area (Å²) in [6.45, 7) is 20.1. The molecule has 8 heteroatoms. The molecule has 1 aliphatic carbocycles. The summed E-state index contributed by atoms with van der Waals surface area (Å²) in [5.74, 6) is 1.82. The van der Waals surface area contributed by atoms with E-state index < -0.39 is 0 Å². The number of fused-ring (bicyclic) bond motifs is 3. The molecule has 1 saturated heterocycles. The summed E-state index contributed by atoms with van der Waals surface area (Å²) < 4.78 is 0.